The van der Waals surface area contributed by atoms with Crippen LogP contribution in [-0.4, -0.2) is 9.19 Å². The summed E-state index contributed by atoms with van der Waals surface area (Å²) in [6.07, 6.45) is 1.65. The average Bonchev–Trinajstić information content (AvgIpc) is 3.04. The van der Waals surface area contributed by atoms with Crippen LogP contribution in [0.1, 0.15) is 5.01 Å². The molecule has 1 atom stereocenters. The molecule has 0 spiro atoms. The third-order valence-electron chi connectivity index (χ3n) is 3.06. The molecule has 0 aliphatic rings. The van der Waals surface area contributed by atoms with Crippen molar-refractivity contribution in [3.05, 3.63) is 76.7 Å². The van der Waals surface area contributed by atoms with Gasteiger partial charge in [-0.2, -0.15) is 0 Å². The van der Waals surface area contributed by atoms with Gasteiger partial charge in [-0.25, -0.2) is 18.0 Å². The number of anilines is 2. The first-order valence-electron chi connectivity index (χ1n) is 6.71. The lowest BCUT2D eigenvalue weighted by molar-refractivity contribution is 0.628. The quantitative estimate of drug-likeness (QED) is 0.682. The van der Waals surface area contributed by atoms with Crippen molar-refractivity contribution < 1.29 is 13.0 Å². The van der Waals surface area contributed by atoms with Gasteiger partial charge in [0.25, 0.3) is 0 Å². The van der Waals surface area contributed by atoms with Gasteiger partial charge in [-0.15, -0.1) is 11.3 Å². The van der Waals surface area contributed by atoms with E-state index in [0.29, 0.717) is 11.4 Å². The van der Waals surface area contributed by atoms with Crippen LogP contribution in [0, 0.1) is 11.6 Å². The van der Waals surface area contributed by atoms with Crippen LogP contribution < -0.4 is 4.31 Å². The Labute approximate surface area is 138 Å². The molecule has 1 aromatic heterocycles. The van der Waals surface area contributed by atoms with Gasteiger partial charge in [-0.1, -0.05) is 0 Å². The van der Waals surface area contributed by atoms with E-state index in [4.69, 9.17) is 0 Å². The summed E-state index contributed by atoms with van der Waals surface area (Å²) < 4.78 is 40.7. The number of nitrogens with zero attached hydrogens (tertiary/aromatic N) is 2. The fourth-order valence-electron chi connectivity index (χ4n) is 2.03. The van der Waals surface area contributed by atoms with Crippen LogP contribution in [0.4, 0.5) is 20.2 Å². The van der Waals surface area contributed by atoms with E-state index >= 15 is 0 Å². The average molecular weight is 350 g/mol. The molecule has 0 aliphatic heterocycles. The number of halogens is 2. The van der Waals surface area contributed by atoms with Crippen LogP contribution >= 0.6 is 11.3 Å². The summed E-state index contributed by atoms with van der Waals surface area (Å²) in [5.41, 5.74) is 1.13. The zero-order chi connectivity index (χ0) is 16.2. The molecule has 1 heterocycles. The highest BCUT2D eigenvalue weighted by atomic mass is 32.2. The minimum Gasteiger partial charge on any atom is -0.260 e. The lowest BCUT2D eigenvalue weighted by Gasteiger charge is -2.23. The molecule has 0 amide bonds. The molecule has 1 unspecified atom stereocenters. The van der Waals surface area contributed by atoms with Crippen molar-refractivity contribution in [1.29, 1.82) is 0 Å². The van der Waals surface area contributed by atoms with Crippen LogP contribution in [-0.2, 0) is 16.7 Å². The monoisotopic (exact) mass is 350 g/mol. The summed E-state index contributed by atoms with van der Waals surface area (Å²) in [5, 5.41) is 2.55. The first kappa shape index (κ1) is 15.8. The molecule has 3 nitrogen and oxygen atoms in total. The number of benzene rings is 2. The van der Waals surface area contributed by atoms with Crippen molar-refractivity contribution in [2.24, 2.45) is 0 Å². The van der Waals surface area contributed by atoms with Gasteiger partial charge in [0.15, 0.2) is 0 Å². The Morgan fingerprint density at radius 2 is 1.48 bits per heavy atom. The van der Waals surface area contributed by atoms with Gasteiger partial charge in [0.05, 0.1) is 17.1 Å². The number of rotatable bonds is 5. The SMILES string of the molecule is O=S(Cc1nccs1)N(c1ccc(F)cc1)c1ccc(F)cc1. The highest BCUT2D eigenvalue weighted by Crippen LogP contribution is 2.29. The molecule has 2 aromatic carbocycles. The minimum absolute atomic E-state index is 0.229. The number of hydrogen-bond donors (Lipinski definition) is 0. The van der Waals surface area contributed by atoms with E-state index in [2.05, 4.69) is 4.98 Å². The van der Waals surface area contributed by atoms with Crippen molar-refractivity contribution in [2.75, 3.05) is 4.31 Å². The summed E-state index contributed by atoms with van der Waals surface area (Å²) >= 11 is 1.41. The second-order valence-corrected chi connectivity index (χ2v) is 6.91. The minimum atomic E-state index is -1.47. The Kier molecular flexibility index (Phi) is 4.78. The Bertz CT molecular complexity index is 744. The largest absolute Gasteiger partial charge is 0.260 e. The second kappa shape index (κ2) is 6.97. The highest BCUT2D eigenvalue weighted by Gasteiger charge is 2.18. The van der Waals surface area contributed by atoms with E-state index < -0.39 is 11.0 Å². The third kappa shape index (κ3) is 3.80. The van der Waals surface area contributed by atoms with Gasteiger partial charge in [0.1, 0.15) is 27.6 Å². The third-order valence-corrected chi connectivity index (χ3v) is 5.37. The van der Waals surface area contributed by atoms with E-state index in [-0.39, 0.29) is 17.4 Å². The summed E-state index contributed by atoms with van der Waals surface area (Å²) in [4.78, 5) is 4.13. The van der Waals surface area contributed by atoms with Gasteiger partial charge in [-0.3, -0.25) is 4.31 Å². The molecule has 3 aromatic rings. The standard InChI is InChI=1S/C16H12F2N2OS2/c17-12-1-5-14(6-2-12)20(15-7-3-13(18)4-8-15)23(21)11-16-19-9-10-22-16/h1-10H,11H2. The van der Waals surface area contributed by atoms with Crippen LogP contribution in [0.5, 0.6) is 0 Å². The van der Waals surface area contributed by atoms with E-state index in [9.17, 15) is 13.0 Å². The zero-order valence-electron chi connectivity index (χ0n) is 11.9. The molecule has 0 aliphatic carbocycles. The molecular weight excluding hydrogens is 338 g/mol. The fourth-order valence-corrected chi connectivity index (χ4v) is 4.14. The Morgan fingerprint density at radius 3 is 1.91 bits per heavy atom. The molecule has 0 fully saturated rings. The van der Waals surface area contributed by atoms with Crippen LogP contribution in [0.25, 0.3) is 0 Å². The normalized spacial score (nSPS) is 12.1. The molecule has 0 N–H and O–H groups in total. The molecule has 3 rings (SSSR count). The van der Waals surface area contributed by atoms with Gasteiger partial charge < -0.3 is 0 Å². The van der Waals surface area contributed by atoms with Crippen molar-refractivity contribution in [1.82, 2.24) is 4.98 Å². The molecule has 118 valence electrons. The summed E-state index contributed by atoms with van der Waals surface area (Å²) in [6.45, 7) is 0. The maximum absolute atomic E-state index is 13.2. The van der Waals surface area contributed by atoms with Crippen LogP contribution in [0.15, 0.2) is 60.1 Å². The first-order chi connectivity index (χ1) is 11.1. The zero-order valence-corrected chi connectivity index (χ0v) is 13.5. The van der Waals surface area contributed by atoms with E-state index in [0.717, 1.165) is 5.01 Å². The predicted molar refractivity (Wildman–Crippen MR) is 88.9 cm³/mol. The number of thiazole rings is 1. The summed E-state index contributed by atoms with van der Waals surface area (Å²) in [6, 6.07) is 11.4. The van der Waals surface area contributed by atoms with Gasteiger partial charge in [0.2, 0.25) is 0 Å². The Hall–Kier alpha value is -2.12. The van der Waals surface area contributed by atoms with E-state index in [1.54, 1.807) is 34.8 Å². The van der Waals surface area contributed by atoms with Gasteiger partial charge in [0, 0.05) is 11.6 Å². The van der Waals surface area contributed by atoms with Crippen LogP contribution in [0.2, 0.25) is 0 Å². The topological polar surface area (TPSA) is 33.2 Å². The first-order valence-corrected chi connectivity index (χ1v) is 8.87. The van der Waals surface area contributed by atoms with E-state index in [1.165, 1.54) is 35.6 Å². The smallest absolute Gasteiger partial charge is 0.131 e. The fraction of sp³-hybridized carbons (Fsp3) is 0.0625. The van der Waals surface area contributed by atoms with Crippen molar-refractivity contribution >= 4 is 33.7 Å². The number of hydrogen-bond acceptors (Lipinski definition) is 3. The van der Waals surface area contributed by atoms with Gasteiger partial charge in [-0.05, 0) is 48.5 Å². The molecule has 7 heteroatoms. The van der Waals surface area contributed by atoms with Crippen molar-refractivity contribution in [3.8, 4) is 0 Å². The lowest BCUT2D eigenvalue weighted by atomic mass is 10.2. The Morgan fingerprint density at radius 1 is 0.957 bits per heavy atom. The molecule has 0 saturated heterocycles. The van der Waals surface area contributed by atoms with E-state index in [1.807, 2.05) is 5.38 Å². The Balaban J connectivity index is 1.97. The maximum atomic E-state index is 13.2. The predicted octanol–water partition coefficient (Wildman–Crippen LogP) is 4.42. The molecule has 0 bridgehead atoms. The lowest BCUT2D eigenvalue weighted by Crippen LogP contribution is -2.21. The molecule has 0 saturated carbocycles. The molecule has 23 heavy (non-hydrogen) atoms. The summed E-state index contributed by atoms with van der Waals surface area (Å²) in [7, 11) is -1.47. The van der Waals surface area contributed by atoms with Gasteiger partial charge >= 0.3 is 0 Å². The van der Waals surface area contributed by atoms with Crippen LogP contribution in [0.3, 0.4) is 0 Å². The highest BCUT2D eigenvalue weighted by molar-refractivity contribution is 7.86. The summed E-state index contributed by atoms with van der Waals surface area (Å²) in [5.74, 6) is -0.524. The number of aromatic nitrogens is 1. The maximum Gasteiger partial charge on any atom is 0.131 e. The second-order valence-electron chi connectivity index (χ2n) is 4.64. The van der Waals surface area contributed by atoms with Crippen molar-refractivity contribution in [2.45, 2.75) is 5.75 Å². The molecular formula is C16H12F2N2OS2. The molecule has 0 radical (unpaired) electrons. The van der Waals surface area contributed by atoms with Crippen molar-refractivity contribution in [3.63, 3.8) is 0 Å².